The first-order valence-electron chi connectivity index (χ1n) is 10.8. The minimum Gasteiger partial charge on any atom is -0.383 e. The Morgan fingerprint density at radius 1 is 1.38 bits per heavy atom. The molecular weight excluding hydrogens is 434 g/mol. The van der Waals surface area contributed by atoms with E-state index in [-0.39, 0.29) is 29.2 Å². The highest BCUT2D eigenvalue weighted by Gasteiger charge is 2.37. The monoisotopic (exact) mass is 461 g/mol. The molecule has 0 aliphatic carbocycles. The number of amides is 2. The molecule has 4 rings (SSSR count). The van der Waals surface area contributed by atoms with Gasteiger partial charge >= 0.3 is 0 Å². The van der Waals surface area contributed by atoms with Crippen molar-refractivity contribution in [2.45, 2.75) is 18.5 Å². The van der Waals surface area contributed by atoms with Gasteiger partial charge in [-0.3, -0.25) is 14.3 Å². The van der Waals surface area contributed by atoms with Crippen molar-refractivity contribution < 1.29 is 14.3 Å². The minimum absolute atomic E-state index is 0.132. The fourth-order valence-corrected chi connectivity index (χ4v) is 4.44. The van der Waals surface area contributed by atoms with Gasteiger partial charge in [0.25, 0.3) is 5.91 Å². The zero-order chi connectivity index (χ0) is 24.4. The van der Waals surface area contributed by atoms with E-state index in [1.165, 1.54) is 6.08 Å². The van der Waals surface area contributed by atoms with E-state index in [9.17, 15) is 9.59 Å². The number of carbonyl (C=O) groups is 2. The lowest BCUT2D eigenvalue weighted by Gasteiger charge is -2.22. The van der Waals surface area contributed by atoms with Crippen molar-refractivity contribution in [2.24, 2.45) is 12.8 Å². The topological polar surface area (TPSA) is 120 Å². The molecule has 1 aliphatic heterocycles. The standard InChI is InChI=1S/C24H27N7O3/c1-5-21(32)30-13-17(11-18(30)14-34-4)31-24(26-2)22(23(25)33)19(28-31)8-6-15-7-9-20-16(10-15)12-27-29(20)3/h5,7,9-10,12,17-18,26H,1,11,13-14H2,2-4H3,(H2,25,33)/t17-,18+/m0/s1. The maximum atomic E-state index is 12.4. The highest BCUT2D eigenvalue weighted by Crippen LogP contribution is 2.32. The summed E-state index contributed by atoms with van der Waals surface area (Å²) in [6, 6.07) is 5.44. The van der Waals surface area contributed by atoms with Gasteiger partial charge in [-0.25, -0.2) is 4.68 Å². The van der Waals surface area contributed by atoms with Crippen molar-refractivity contribution in [3.8, 4) is 11.8 Å². The average molecular weight is 462 g/mol. The number of ether oxygens (including phenoxy) is 1. The van der Waals surface area contributed by atoms with Crippen molar-refractivity contribution >= 4 is 28.5 Å². The molecule has 1 aromatic carbocycles. The molecule has 10 nitrogen and oxygen atoms in total. The van der Waals surface area contributed by atoms with Gasteiger partial charge in [0.15, 0.2) is 5.69 Å². The Hall–Kier alpha value is -4.10. The summed E-state index contributed by atoms with van der Waals surface area (Å²) in [6.07, 6.45) is 3.67. The van der Waals surface area contributed by atoms with Crippen LogP contribution in [0.1, 0.15) is 34.1 Å². The number of methoxy groups -OCH3 is 1. The second-order valence-electron chi connectivity index (χ2n) is 8.12. The van der Waals surface area contributed by atoms with Crippen LogP contribution in [0.3, 0.4) is 0 Å². The van der Waals surface area contributed by atoms with Gasteiger partial charge in [0.1, 0.15) is 11.4 Å². The Kier molecular flexibility index (Phi) is 6.38. The number of benzene rings is 1. The Morgan fingerprint density at radius 3 is 2.85 bits per heavy atom. The first-order valence-corrected chi connectivity index (χ1v) is 10.8. The molecule has 2 aromatic heterocycles. The Bertz CT molecular complexity index is 1330. The lowest BCUT2D eigenvalue weighted by Crippen LogP contribution is -2.37. The van der Waals surface area contributed by atoms with Crippen molar-refractivity contribution in [1.82, 2.24) is 24.5 Å². The van der Waals surface area contributed by atoms with Gasteiger partial charge in [-0.2, -0.15) is 10.2 Å². The molecule has 0 spiro atoms. The summed E-state index contributed by atoms with van der Waals surface area (Å²) in [5.41, 5.74) is 7.97. The van der Waals surface area contributed by atoms with E-state index >= 15 is 0 Å². The van der Waals surface area contributed by atoms with Crippen LogP contribution in [0, 0.1) is 11.8 Å². The maximum Gasteiger partial charge on any atom is 0.255 e. The van der Waals surface area contributed by atoms with Gasteiger partial charge in [-0.1, -0.05) is 12.5 Å². The summed E-state index contributed by atoms with van der Waals surface area (Å²) >= 11 is 0. The number of rotatable bonds is 6. The normalized spacial score (nSPS) is 17.4. The van der Waals surface area contributed by atoms with Gasteiger partial charge in [-0.05, 0) is 36.6 Å². The van der Waals surface area contributed by atoms with Crippen LogP contribution in [0.2, 0.25) is 0 Å². The predicted molar refractivity (Wildman–Crippen MR) is 128 cm³/mol. The largest absolute Gasteiger partial charge is 0.383 e. The number of carbonyl (C=O) groups excluding carboxylic acids is 2. The molecule has 3 aromatic rings. The van der Waals surface area contributed by atoms with Gasteiger partial charge in [-0.15, -0.1) is 0 Å². The van der Waals surface area contributed by atoms with Crippen LogP contribution in [-0.2, 0) is 16.6 Å². The molecule has 2 atom stereocenters. The average Bonchev–Trinajstić information content (AvgIpc) is 3.52. The molecule has 1 fully saturated rings. The Labute approximate surface area is 197 Å². The smallest absolute Gasteiger partial charge is 0.255 e. The number of hydrogen-bond acceptors (Lipinski definition) is 6. The van der Waals surface area contributed by atoms with Crippen molar-refractivity contribution in [3.05, 3.63) is 53.9 Å². The summed E-state index contributed by atoms with van der Waals surface area (Å²) < 4.78 is 8.79. The zero-order valence-electron chi connectivity index (χ0n) is 19.4. The fourth-order valence-electron chi connectivity index (χ4n) is 4.44. The number of likely N-dealkylation sites (tertiary alicyclic amines) is 1. The predicted octanol–water partition coefficient (Wildman–Crippen LogP) is 1.28. The number of aromatic nitrogens is 4. The molecule has 0 unspecified atom stereocenters. The molecule has 0 saturated carbocycles. The van der Waals surface area contributed by atoms with E-state index in [0.29, 0.717) is 25.4 Å². The molecule has 2 amide bonds. The van der Waals surface area contributed by atoms with Crippen LogP contribution in [0.5, 0.6) is 0 Å². The Balaban J connectivity index is 1.72. The van der Waals surface area contributed by atoms with E-state index in [2.05, 4.69) is 33.9 Å². The van der Waals surface area contributed by atoms with Gasteiger partial charge < -0.3 is 20.7 Å². The zero-order valence-corrected chi connectivity index (χ0v) is 19.4. The molecule has 3 N–H and O–H groups in total. The van der Waals surface area contributed by atoms with Crippen LogP contribution in [0.25, 0.3) is 10.9 Å². The Morgan fingerprint density at radius 2 is 2.18 bits per heavy atom. The molecule has 0 bridgehead atoms. The van der Waals surface area contributed by atoms with Crippen LogP contribution in [0.4, 0.5) is 5.82 Å². The van der Waals surface area contributed by atoms with E-state index in [1.54, 1.807) is 34.6 Å². The summed E-state index contributed by atoms with van der Waals surface area (Å²) in [7, 11) is 5.17. The number of aryl methyl sites for hydroxylation is 1. The molecule has 0 radical (unpaired) electrons. The number of nitrogens with zero attached hydrogens (tertiary/aromatic N) is 5. The van der Waals surface area contributed by atoms with Gasteiger partial charge in [0.2, 0.25) is 5.91 Å². The van der Waals surface area contributed by atoms with E-state index in [1.807, 2.05) is 25.2 Å². The lowest BCUT2D eigenvalue weighted by atomic mass is 10.1. The molecular formula is C24H27N7O3. The second-order valence-corrected chi connectivity index (χ2v) is 8.12. The second kappa shape index (κ2) is 9.41. The van der Waals surface area contributed by atoms with Crippen LogP contribution >= 0.6 is 0 Å². The van der Waals surface area contributed by atoms with E-state index in [4.69, 9.17) is 10.5 Å². The van der Waals surface area contributed by atoms with Crippen LogP contribution < -0.4 is 11.1 Å². The first-order chi connectivity index (χ1) is 16.4. The third-order valence-electron chi connectivity index (χ3n) is 6.02. The van der Waals surface area contributed by atoms with E-state index < -0.39 is 5.91 Å². The summed E-state index contributed by atoms with van der Waals surface area (Å²) in [5, 5.41) is 12.9. The summed E-state index contributed by atoms with van der Waals surface area (Å²) in [4.78, 5) is 26.4. The molecule has 176 valence electrons. The number of hydrogen-bond donors (Lipinski definition) is 2. The third-order valence-corrected chi connectivity index (χ3v) is 6.02. The quantitative estimate of drug-likeness (QED) is 0.422. The van der Waals surface area contributed by atoms with Crippen LogP contribution in [-0.4, -0.2) is 69.6 Å². The number of nitrogens with one attached hydrogen (secondary N) is 1. The van der Waals surface area contributed by atoms with Crippen molar-refractivity contribution in [3.63, 3.8) is 0 Å². The van der Waals surface area contributed by atoms with E-state index in [0.717, 1.165) is 16.5 Å². The van der Waals surface area contributed by atoms with Crippen molar-refractivity contribution in [1.29, 1.82) is 0 Å². The highest BCUT2D eigenvalue weighted by molar-refractivity contribution is 6.00. The molecule has 10 heteroatoms. The third kappa shape index (κ3) is 4.13. The SMILES string of the molecule is C=CC(=O)N1C[C@@H](n2nc(C#Cc3ccc4c(cnn4C)c3)c(C(N)=O)c2NC)C[C@@H]1COC. The van der Waals surface area contributed by atoms with Gasteiger partial charge in [0.05, 0.1) is 30.4 Å². The molecule has 1 aliphatic rings. The minimum atomic E-state index is -0.631. The number of fused-ring (bicyclic) bond motifs is 1. The molecule has 34 heavy (non-hydrogen) atoms. The molecule has 1 saturated heterocycles. The molecule has 3 heterocycles. The van der Waals surface area contributed by atoms with Crippen LogP contribution in [0.15, 0.2) is 37.1 Å². The maximum absolute atomic E-state index is 12.4. The number of anilines is 1. The highest BCUT2D eigenvalue weighted by atomic mass is 16.5. The van der Waals surface area contributed by atoms with Gasteiger partial charge in [0, 0.05) is 38.7 Å². The number of primary amides is 1. The fraction of sp³-hybridized carbons (Fsp3) is 0.333. The summed E-state index contributed by atoms with van der Waals surface area (Å²) in [6.45, 7) is 4.38. The van der Waals surface area contributed by atoms with Crippen molar-refractivity contribution in [2.75, 3.05) is 32.6 Å². The first kappa shape index (κ1) is 23.1. The summed E-state index contributed by atoms with van der Waals surface area (Å²) in [5.74, 6) is 5.75. The number of nitrogens with two attached hydrogens (primary N) is 1. The lowest BCUT2D eigenvalue weighted by molar-refractivity contribution is -0.127.